The van der Waals surface area contributed by atoms with E-state index in [1.165, 1.54) is 35.5 Å². The molecule has 23 heavy (non-hydrogen) atoms. The van der Waals surface area contributed by atoms with Gasteiger partial charge < -0.3 is 10.4 Å². The van der Waals surface area contributed by atoms with Gasteiger partial charge in [-0.05, 0) is 44.0 Å². The van der Waals surface area contributed by atoms with Gasteiger partial charge in [0.1, 0.15) is 0 Å². The van der Waals surface area contributed by atoms with Crippen LogP contribution in [0.15, 0.2) is 40.8 Å². The van der Waals surface area contributed by atoms with Crippen LogP contribution in [-0.2, 0) is 19.6 Å². The van der Waals surface area contributed by atoms with Crippen molar-refractivity contribution >= 4 is 27.6 Å². The minimum absolute atomic E-state index is 0.0475. The van der Waals surface area contributed by atoms with Crippen molar-refractivity contribution in [3.8, 4) is 0 Å². The van der Waals surface area contributed by atoms with E-state index < -0.39 is 21.9 Å². The van der Waals surface area contributed by atoms with Crippen molar-refractivity contribution in [3.05, 3.63) is 35.9 Å². The van der Waals surface area contributed by atoms with E-state index in [-0.39, 0.29) is 10.5 Å². The Labute approximate surface area is 134 Å². The van der Waals surface area contributed by atoms with E-state index in [0.29, 0.717) is 18.8 Å². The molecule has 0 saturated carbocycles. The van der Waals surface area contributed by atoms with Crippen LogP contribution in [0, 0.1) is 0 Å². The number of benzene rings is 1. The molecule has 1 fully saturated rings. The molecule has 1 amide bonds. The quantitative estimate of drug-likeness (QED) is 0.791. The van der Waals surface area contributed by atoms with Crippen LogP contribution >= 0.6 is 0 Å². The minimum Gasteiger partial charge on any atom is -0.478 e. The highest BCUT2D eigenvalue weighted by Gasteiger charge is 2.26. The lowest BCUT2D eigenvalue weighted by atomic mass is 10.2. The predicted molar refractivity (Wildman–Crippen MR) is 84.5 cm³/mol. The van der Waals surface area contributed by atoms with Crippen molar-refractivity contribution in [1.82, 2.24) is 4.31 Å². The number of nitrogens with zero attached hydrogens (tertiary/aromatic N) is 1. The second kappa shape index (κ2) is 6.93. The van der Waals surface area contributed by atoms with Crippen molar-refractivity contribution in [2.75, 3.05) is 18.4 Å². The molecule has 0 atom stereocenters. The van der Waals surface area contributed by atoms with Gasteiger partial charge in [-0.25, -0.2) is 13.2 Å². The average molecular weight is 338 g/mol. The summed E-state index contributed by atoms with van der Waals surface area (Å²) in [5.74, 6) is -1.76. The molecule has 0 aliphatic carbocycles. The van der Waals surface area contributed by atoms with Crippen LogP contribution < -0.4 is 5.32 Å². The van der Waals surface area contributed by atoms with E-state index in [2.05, 4.69) is 5.32 Å². The third-order valence-electron chi connectivity index (χ3n) is 3.51. The molecule has 7 nitrogen and oxygen atoms in total. The molecule has 1 heterocycles. The van der Waals surface area contributed by atoms with Gasteiger partial charge in [0.15, 0.2) is 0 Å². The van der Waals surface area contributed by atoms with E-state index in [4.69, 9.17) is 5.11 Å². The zero-order chi connectivity index (χ0) is 17.0. The standard InChI is InChI=1S/C15H18N2O5S/c1-11(10-14(18)19)15(20)16-12-4-6-13(7-5-12)23(21,22)17-8-2-3-9-17/h4-7,10H,2-3,8-9H2,1H3,(H,16,20)(H,18,19)/b11-10-. The molecule has 0 bridgehead atoms. The molecule has 2 N–H and O–H groups in total. The largest absolute Gasteiger partial charge is 0.478 e. The Kier molecular flexibility index (Phi) is 5.17. The van der Waals surface area contributed by atoms with E-state index in [9.17, 15) is 18.0 Å². The summed E-state index contributed by atoms with van der Waals surface area (Å²) in [6.07, 6.45) is 2.53. The normalized spacial score (nSPS) is 16.3. The molecule has 0 spiro atoms. The van der Waals surface area contributed by atoms with E-state index in [1.807, 2.05) is 0 Å². The van der Waals surface area contributed by atoms with Crippen LogP contribution in [0.1, 0.15) is 19.8 Å². The van der Waals surface area contributed by atoms with Crippen molar-refractivity contribution in [2.45, 2.75) is 24.7 Å². The minimum atomic E-state index is -3.48. The van der Waals surface area contributed by atoms with Gasteiger partial charge in [-0.1, -0.05) is 0 Å². The molecular formula is C15H18N2O5S. The van der Waals surface area contributed by atoms with Crippen molar-refractivity contribution in [3.63, 3.8) is 0 Å². The van der Waals surface area contributed by atoms with Gasteiger partial charge in [-0.15, -0.1) is 0 Å². The van der Waals surface area contributed by atoms with Gasteiger partial charge in [0.05, 0.1) is 4.90 Å². The number of amides is 1. The molecule has 0 aromatic heterocycles. The Bertz CT molecular complexity index is 732. The number of anilines is 1. The lowest BCUT2D eigenvalue weighted by molar-refractivity contribution is -0.131. The summed E-state index contributed by atoms with van der Waals surface area (Å²) in [7, 11) is -3.48. The van der Waals surface area contributed by atoms with Gasteiger partial charge in [-0.2, -0.15) is 4.31 Å². The van der Waals surface area contributed by atoms with E-state index >= 15 is 0 Å². The summed E-state index contributed by atoms with van der Waals surface area (Å²) in [5, 5.41) is 11.1. The summed E-state index contributed by atoms with van der Waals surface area (Å²) < 4.78 is 26.2. The molecule has 0 radical (unpaired) electrons. The number of nitrogens with one attached hydrogen (secondary N) is 1. The van der Waals surface area contributed by atoms with Crippen LogP contribution in [0.25, 0.3) is 0 Å². The zero-order valence-electron chi connectivity index (χ0n) is 12.7. The fraction of sp³-hybridized carbons (Fsp3) is 0.333. The summed E-state index contributed by atoms with van der Waals surface area (Å²) in [6, 6.07) is 5.82. The number of carboxylic acids is 1. The number of aliphatic carboxylic acids is 1. The first-order chi connectivity index (χ1) is 10.8. The molecule has 8 heteroatoms. The second-order valence-corrected chi connectivity index (χ2v) is 7.19. The Morgan fingerprint density at radius 1 is 1.17 bits per heavy atom. The van der Waals surface area contributed by atoms with Crippen LogP contribution in [0.5, 0.6) is 0 Å². The molecule has 1 aliphatic heterocycles. The number of carboxylic acid groups (broad SMARTS) is 1. The van der Waals surface area contributed by atoms with Gasteiger partial charge in [-0.3, -0.25) is 4.79 Å². The zero-order valence-corrected chi connectivity index (χ0v) is 13.5. The van der Waals surface area contributed by atoms with Gasteiger partial charge >= 0.3 is 5.97 Å². The fourth-order valence-electron chi connectivity index (χ4n) is 2.27. The van der Waals surface area contributed by atoms with E-state index in [1.54, 1.807) is 0 Å². The number of hydrogen-bond acceptors (Lipinski definition) is 4. The van der Waals surface area contributed by atoms with Crippen LogP contribution in [0.4, 0.5) is 5.69 Å². The van der Waals surface area contributed by atoms with Gasteiger partial charge in [0, 0.05) is 30.4 Å². The van der Waals surface area contributed by atoms with E-state index in [0.717, 1.165) is 18.9 Å². The Balaban J connectivity index is 2.11. The maximum absolute atomic E-state index is 12.4. The number of carbonyl (C=O) groups excluding carboxylic acids is 1. The number of rotatable bonds is 5. The third kappa shape index (κ3) is 4.17. The third-order valence-corrected chi connectivity index (χ3v) is 5.43. The van der Waals surface area contributed by atoms with Crippen molar-refractivity contribution in [1.29, 1.82) is 0 Å². The number of hydrogen-bond donors (Lipinski definition) is 2. The highest BCUT2D eigenvalue weighted by Crippen LogP contribution is 2.22. The van der Waals surface area contributed by atoms with Crippen LogP contribution in [-0.4, -0.2) is 42.8 Å². The highest BCUT2D eigenvalue weighted by molar-refractivity contribution is 7.89. The first-order valence-corrected chi connectivity index (χ1v) is 8.57. The highest BCUT2D eigenvalue weighted by atomic mass is 32.2. The van der Waals surface area contributed by atoms with Crippen molar-refractivity contribution < 1.29 is 23.1 Å². The summed E-state index contributed by atoms with van der Waals surface area (Å²) in [4.78, 5) is 22.5. The molecule has 1 aliphatic rings. The smallest absolute Gasteiger partial charge is 0.328 e. The molecule has 1 aromatic carbocycles. The topological polar surface area (TPSA) is 104 Å². The molecule has 2 rings (SSSR count). The molecule has 1 saturated heterocycles. The maximum atomic E-state index is 12.4. The van der Waals surface area contributed by atoms with Crippen molar-refractivity contribution in [2.24, 2.45) is 0 Å². The maximum Gasteiger partial charge on any atom is 0.328 e. The number of sulfonamides is 1. The second-order valence-electron chi connectivity index (χ2n) is 5.26. The lowest BCUT2D eigenvalue weighted by Crippen LogP contribution is -2.27. The summed E-state index contributed by atoms with van der Waals surface area (Å²) >= 11 is 0. The van der Waals surface area contributed by atoms with Crippen LogP contribution in [0.2, 0.25) is 0 Å². The Hall–Kier alpha value is -2.19. The van der Waals surface area contributed by atoms with Gasteiger partial charge in [0.25, 0.3) is 5.91 Å². The monoisotopic (exact) mass is 338 g/mol. The summed E-state index contributed by atoms with van der Waals surface area (Å²) in [5.41, 5.74) is 0.444. The lowest BCUT2D eigenvalue weighted by Gasteiger charge is -2.15. The molecule has 0 unspecified atom stereocenters. The fourth-order valence-corrected chi connectivity index (χ4v) is 3.79. The first kappa shape index (κ1) is 17.2. The summed E-state index contributed by atoms with van der Waals surface area (Å²) in [6.45, 7) is 2.44. The predicted octanol–water partition coefficient (Wildman–Crippen LogP) is 1.44. The Morgan fingerprint density at radius 2 is 1.74 bits per heavy atom. The van der Waals surface area contributed by atoms with Crippen LogP contribution in [0.3, 0.4) is 0 Å². The molecule has 124 valence electrons. The molecular weight excluding hydrogens is 320 g/mol. The Morgan fingerprint density at radius 3 is 2.26 bits per heavy atom. The first-order valence-electron chi connectivity index (χ1n) is 7.13. The molecule has 1 aromatic rings. The average Bonchev–Trinajstić information content (AvgIpc) is 3.02. The SMILES string of the molecule is C/C(=C/C(=O)O)C(=O)Nc1ccc(S(=O)(=O)N2CCCC2)cc1. The van der Waals surface area contributed by atoms with Gasteiger partial charge in [0.2, 0.25) is 10.0 Å². The number of carbonyl (C=O) groups is 2.